The van der Waals surface area contributed by atoms with Gasteiger partial charge in [0.05, 0.1) is 17.8 Å². The molecule has 164 valence electrons. The van der Waals surface area contributed by atoms with E-state index in [4.69, 9.17) is 12.2 Å². The smallest absolute Gasteiger partial charge is 0.244 e. The van der Waals surface area contributed by atoms with Crippen LogP contribution in [0.1, 0.15) is 23.5 Å². The van der Waals surface area contributed by atoms with Crippen LogP contribution in [-0.2, 0) is 4.79 Å². The molecule has 0 spiro atoms. The van der Waals surface area contributed by atoms with Crippen LogP contribution in [0.5, 0.6) is 0 Å². The van der Waals surface area contributed by atoms with Gasteiger partial charge >= 0.3 is 0 Å². The predicted octanol–water partition coefficient (Wildman–Crippen LogP) is 4.48. The third-order valence-corrected chi connectivity index (χ3v) is 6.04. The van der Waals surface area contributed by atoms with Crippen LogP contribution in [0.25, 0.3) is 5.69 Å². The Morgan fingerprint density at radius 2 is 1.67 bits per heavy atom. The highest BCUT2D eigenvalue weighted by molar-refractivity contribution is 7.80. The molecule has 1 aliphatic rings. The van der Waals surface area contributed by atoms with Crippen molar-refractivity contribution in [3.63, 3.8) is 0 Å². The number of carbonyl (C=O) groups is 1. The molecule has 33 heavy (non-hydrogen) atoms. The van der Waals surface area contributed by atoms with Gasteiger partial charge in [-0.1, -0.05) is 42.5 Å². The fourth-order valence-corrected chi connectivity index (χ4v) is 4.54. The first-order chi connectivity index (χ1) is 16.2. The number of benzene rings is 2. The van der Waals surface area contributed by atoms with E-state index in [-0.39, 0.29) is 24.5 Å². The van der Waals surface area contributed by atoms with Crippen LogP contribution < -0.4 is 10.6 Å². The van der Waals surface area contributed by atoms with E-state index in [1.165, 1.54) is 0 Å². The number of amides is 1. The molecule has 6 nitrogen and oxygen atoms in total. The monoisotopic (exact) mass is 453 g/mol. The Balaban J connectivity index is 1.51. The molecular weight excluding hydrogens is 430 g/mol. The third-order valence-electron chi connectivity index (χ3n) is 5.69. The maximum absolute atomic E-state index is 13.0. The minimum Gasteiger partial charge on any atom is -0.352 e. The minimum absolute atomic E-state index is 0.120. The number of hydrogen-bond donors (Lipinski definition) is 2. The number of aromatic nitrogens is 2. The van der Waals surface area contributed by atoms with E-state index in [1.807, 2.05) is 83.9 Å². The molecule has 0 aliphatic carbocycles. The summed E-state index contributed by atoms with van der Waals surface area (Å²) in [5.74, 6) is -0.130. The first-order valence-electron chi connectivity index (χ1n) is 10.8. The predicted molar refractivity (Wildman–Crippen MR) is 133 cm³/mol. The lowest BCUT2D eigenvalue weighted by atomic mass is 10.0. The number of nitrogens with one attached hydrogen (secondary N) is 2. The van der Waals surface area contributed by atoms with E-state index in [0.717, 1.165) is 22.8 Å². The van der Waals surface area contributed by atoms with E-state index in [2.05, 4.69) is 38.4 Å². The average Bonchev–Trinajstić information content (AvgIpc) is 3.45. The summed E-state index contributed by atoms with van der Waals surface area (Å²) in [7, 11) is 0. The van der Waals surface area contributed by atoms with Crippen LogP contribution in [0.3, 0.4) is 0 Å². The van der Waals surface area contributed by atoms with Gasteiger partial charge in [-0.05, 0) is 60.7 Å². The second kappa shape index (κ2) is 9.26. The second-order valence-electron chi connectivity index (χ2n) is 7.81. The van der Waals surface area contributed by atoms with Crippen molar-refractivity contribution in [1.29, 1.82) is 0 Å². The summed E-state index contributed by atoms with van der Waals surface area (Å²) in [4.78, 5) is 19.5. The molecule has 0 radical (unpaired) electrons. The Labute approximate surface area is 197 Å². The maximum atomic E-state index is 13.0. The number of nitrogens with zero attached hydrogens (tertiary/aromatic N) is 3. The van der Waals surface area contributed by atoms with Crippen LogP contribution in [0.4, 0.5) is 5.69 Å². The van der Waals surface area contributed by atoms with E-state index < -0.39 is 0 Å². The van der Waals surface area contributed by atoms with E-state index in [0.29, 0.717) is 5.11 Å². The first kappa shape index (κ1) is 20.9. The van der Waals surface area contributed by atoms with Gasteiger partial charge in [-0.3, -0.25) is 9.78 Å². The SMILES string of the molecule is O=C(CN1C(=S)N[C@@H](c2ccccn2)[C@H]1c1cccn1-c1ccccc1)Nc1ccccc1. The number of para-hydroxylation sites is 2. The molecule has 2 N–H and O–H groups in total. The van der Waals surface area contributed by atoms with E-state index >= 15 is 0 Å². The normalized spacial score (nSPS) is 17.6. The molecule has 0 saturated carbocycles. The maximum Gasteiger partial charge on any atom is 0.244 e. The number of carbonyl (C=O) groups excluding carboxylic acids is 1. The minimum atomic E-state index is -0.218. The lowest BCUT2D eigenvalue weighted by molar-refractivity contribution is -0.116. The fraction of sp³-hybridized carbons (Fsp3) is 0.115. The lowest BCUT2D eigenvalue weighted by Crippen LogP contribution is -2.37. The number of rotatable bonds is 6. The number of pyridine rings is 1. The van der Waals surface area contributed by atoms with Gasteiger partial charge in [-0.2, -0.15) is 0 Å². The van der Waals surface area contributed by atoms with Crippen LogP contribution in [0.2, 0.25) is 0 Å². The zero-order valence-corrected chi connectivity index (χ0v) is 18.7. The molecule has 1 saturated heterocycles. The van der Waals surface area contributed by atoms with Crippen molar-refractivity contribution >= 4 is 28.9 Å². The van der Waals surface area contributed by atoms with Crippen molar-refractivity contribution in [3.05, 3.63) is 115 Å². The summed E-state index contributed by atoms with van der Waals surface area (Å²) >= 11 is 5.71. The Hall–Kier alpha value is -3.97. The summed E-state index contributed by atoms with van der Waals surface area (Å²) in [6.07, 6.45) is 3.81. The molecular formula is C26H23N5OS. The highest BCUT2D eigenvalue weighted by Crippen LogP contribution is 2.39. The fourth-order valence-electron chi connectivity index (χ4n) is 4.23. The highest BCUT2D eigenvalue weighted by atomic mass is 32.1. The number of hydrogen-bond acceptors (Lipinski definition) is 3. The topological polar surface area (TPSA) is 62.2 Å². The quantitative estimate of drug-likeness (QED) is 0.422. The Kier molecular flexibility index (Phi) is 5.87. The molecule has 1 aliphatic heterocycles. The molecule has 3 heterocycles. The van der Waals surface area contributed by atoms with Crippen molar-refractivity contribution in [3.8, 4) is 5.69 Å². The van der Waals surface area contributed by atoms with Crippen molar-refractivity contribution in [2.75, 3.05) is 11.9 Å². The van der Waals surface area contributed by atoms with Crippen molar-refractivity contribution in [1.82, 2.24) is 19.8 Å². The van der Waals surface area contributed by atoms with E-state index in [9.17, 15) is 4.79 Å². The third kappa shape index (κ3) is 4.36. The summed E-state index contributed by atoms with van der Waals surface area (Å²) in [5.41, 5.74) is 3.70. The molecule has 0 bridgehead atoms. The molecule has 4 aromatic rings. The van der Waals surface area contributed by atoms with Gasteiger partial charge in [-0.15, -0.1) is 0 Å². The van der Waals surface area contributed by atoms with Gasteiger partial charge in [-0.25, -0.2) is 0 Å². The zero-order chi connectivity index (χ0) is 22.6. The lowest BCUT2D eigenvalue weighted by Gasteiger charge is -2.28. The molecule has 1 amide bonds. The molecule has 0 unspecified atom stereocenters. The first-order valence-corrected chi connectivity index (χ1v) is 11.2. The molecule has 2 aromatic carbocycles. The molecule has 7 heteroatoms. The number of thiocarbonyl (C=S) groups is 1. The summed E-state index contributed by atoms with van der Waals surface area (Å²) in [5, 5.41) is 6.90. The summed E-state index contributed by atoms with van der Waals surface area (Å²) in [6.45, 7) is 0.120. The zero-order valence-electron chi connectivity index (χ0n) is 17.8. The highest BCUT2D eigenvalue weighted by Gasteiger charge is 2.42. The van der Waals surface area contributed by atoms with Crippen LogP contribution in [-0.4, -0.2) is 32.0 Å². The van der Waals surface area contributed by atoms with Crippen LogP contribution in [0, 0.1) is 0 Å². The van der Waals surface area contributed by atoms with Gasteiger partial charge in [0.1, 0.15) is 6.54 Å². The molecule has 2 atom stereocenters. The molecule has 5 rings (SSSR count). The Morgan fingerprint density at radius 1 is 0.939 bits per heavy atom. The van der Waals surface area contributed by atoms with Crippen molar-refractivity contribution in [2.24, 2.45) is 0 Å². The van der Waals surface area contributed by atoms with Crippen molar-refractivity contribution in [2.45, 2.75) is 12.1 Å². The van der Waals surface area contributed by atoms with E-state index in [1.54, 1.807) is 6.20 Å². The van der Waals surface area contributed by atoms with Gasteiger partial charge < -0.3 is 20.1 Å². The largest absolute Gasteiger partial charge is 0.352 e. The number of anilines is 1. The van der Waals surface area contributed by atoms with Gasteiger partial charge in [0, 0.05) is 29.5 Å². The van der Waals surface area contributed by atoms with Gasteiger partial charge in [0.2, 0.25) is 5.91 Å². The van der Waals surface area contributed by atoms with Gasteiger partial charge in [0.25, 0.3) is 0 Å². The standard InChI is InChI=1S/C26H23N5OS/c32-23(28-19-10-3-1-4-11-19)18-31-25(24(29-26(31)33)21-14-7-8-16-27-21)22-15-9-17-30(22)20-12-5-2-6-13-20/h1-17,24-25H,18H2,(H,28,32)(H,29,33)/t24-,25+/m0/s1. The Bertz CT molecular complexity index is 1240. The van der Waals surface area contributed by atoms with Gasteiger partial charge in [0.15, 0.2) is 5.11 Å². The second-order valence-corrected chi connectivity index (χ2v) is 8.19. The van der Waals surface area contributed by atoms with Crippen molar-refractivity contribution < 1.29 is 4.79 Å². The van der Waals surface area contributed by atoms with Crippen LogP contribution >= 0.6 is 12.2 Å². The average molecular weight is 454 g/mol. The molecule has 2 aromatic heterocycles. The summed E-state index contributed by atoms with van der Waals surface area (Å²) < 4.78 is 2.14. The Morgan fingerprint density at radius 3 is 2.39 bits per heavy atom. The summed E-state index contributed by atoms with van der Waals surface area (Å²) in [6, 6.07) is 29.1. The molecule has 1 fully saturated rings. The van der Waals surface area contributed by atoms with Crippen LogP contribution in [0.15, 0.2) is 103 Å².